The number of nitrogens with zero attached hydrogens (tertiary/aromatic N) is 1. The van der Waals surface area contributed by atoms with Crippen molar-refractivity contribution < 1.29 is 9.32 Å². The smallest absolute Gasteiger partial charge is 0.203 e. The summed E-state index contributed by atoms with van der Waals surface area (Å²) in [6.45, 7) is 3.59. The summed E-state index contributed by atoms with van der Waals surface area (Å²) < 4.78 is 4.82. The molecule has 0 fully saturated rings. The SMILES string of the molecule is Cc1noc(C)c1C[C]=O. The van der Waals surface area contributed by atoms with Crippen LogP contribution in [0.5, 0.6) is 0 Å². The highest BCUT2D eigenvalue weighted by Crippen LogP contribution is 2.10. The molecule has 10 heavy (non-hydrogen) atoms. The number of aryl methyl sites for hydroxylation is 2. The van der Waals surface area contributed by atoms with Crippen LogP contribution < -0.4 is 0 Å². The van der Waals surface area contributed by atoms with Crippen molar-refractivity contribution in [2.45, 2.75) is 20.3 Å². The van der Waals surface area contributed by atoms with E-state index < -0.39 is 0 Å². The molecule has 0 bridgehead atoms. The van der Waals surface area contributed by atoms with E-state index in [0.29, 0.717) is 5.76 Å². The topological polar surface area (TPSA) is 43.1 Å². The Morgan fingerprint density at radius 3 is 2.70 bits per heavy atom. The summed E-state index contributed by atoms with van der Waals surface area (Å²) in [5, 5.41) is 3.68. The lowest BCUT2D eigenvalue weighted by Gasteiger charge is -1.87. The van der Waals surface area contributed by atoms with Crippen LogP contribution in [0, 0.1) is 13.8 Å². The van der Waals surface area contributed by atoms with E-state index in [9.17, 15) is 4.79 Å². The Labute approximate surface area is 59.0 Å². The van der Waals surface area contributed by atoms with Crippen molar-refractivity contribution in [2.24, 2.45) is 0 Å². The fraction of sp³-hybridized carbons (Fsp3) is 0.429. The summed E-state index contributed by atoms with van der Waals surface area (Å²) in [6, 6.07) is 0. The summed E-state index contributed by atoms with van der Waals surface area (Å²) in [4.78, 5) is 9.98. The van der Waals surface area contributed by atoms with E-state index in [-0.39, 0.29) is 6.42 Å². The Hall–Kier alpha value is -1.12. The van der Waals surface area contributed by atoms with Gasteiger partial charge in [-0.25, -0.2) is 0 Å². The van der Waals surface area contributed by atoms with E-state index in [4.69, 9.17) is 4.52 Å². The normalized spacial score (nSPS) is 9.80. The molecule has 1 aromatic rings. The van der Waals surface area contributed by atoms with Gasteiger partial charge in [0.2, 0.25) is 6.29 Å². The highest BCUT2D eigenvalue weighted by Gasteiger charge is 2.06. The molecule has 3 heteroatoms. The van der Waals surface area contributed by atoms with Crippen molar-refractivity contribution in [3.8, 4) is 0 Å². The maximum Gasteiger partial charge on any atom is 0.203 e. The zero-order valence-electron chi connectivity index (χ0n) is 5.97. The van der Waals surface area contributed by atoms with E-state index in [1.807, 2.05) is 6.92 Å². The standard InChI is InChI=1S/C7H8NO2/c1-5-7(3-4-9)6(2)10-8-5/h3H2,1-2H3. The first-order valence-corrected chi connectivity index (χ1v) is 3.02. The zero-order chi connectivity index (χ0) is 7.56. The molecule has 0 amide bonds. The second kappa shape index (κ2) is 2.64. The predicted molar refractivity (Wildman–Crippen MR) is 35.4 cm³/mol. The molecule has 1 radical (unpaired) electrons. The number of rotatable bonds is 2. The van der Waals surface area contributed by atoms with Crippen molar-refractivity contribution in [1.29, 1.82) is 0 Å². The molecule has 1 aromatic heterocycles. The molecule has 0 unspecified atom stereocenters. The largest absolute Gasteiger partial charge is 0.361 e. The maximum absolute atomic E-state index is 9.98. The van der Waals surface area contributed by atoms with Crippen molar-refractivity contribution in [3.05, 3.63) is 17.0 Å². The molecule has 53 valence electrons. The quantitative estimate of drug-likeness (QED) is 0.610. The van der Waals surface area contributed by atoms with Crippen LogP contribution >= 0.6 is 0 Å². The van der Waals surface area contributed by atoms with Crippen LogP contribution in [0.3, 0.4) is 0 Å². The number of hydrogen-bond donors (Lipinski definition) is 0. The molecule has 0 aliphatic heterocycles. The Morgan fingerprint density at radius 1 is 1.60 bits per heavy atom. The molecule has 1 heterocycles. The lowest BCUT2D eigenvalue weighted by Crippen LogP contribution is -1.88. The molecule has 0 N–H and O–H groups in total. The Morgan fingerprint density at radius 2 is 2.30 bits per heavy atom. The molecule has 0 spiro atoms. The summed E-state index contributed by atoms with van der Waals surface area (Å²) in [7, 11) is 0. The molecule has 0 aliphatic carbocycles. The van der Waals surface area contributed by atoms with Crippen LogP contribution in [0.25, 0.3) is 0 Å². The third-order valence-corrected chi connectivity index (χ3v) is 1.43. The average Bonchev–Trinajstić information content (AvgIpc) is 2.20. The molecular weight excluding hydrogens is 130 g/mol. The van der Waals surface area contributed by atoms with Crippen LogP contribution in [-0.2, 0) is 11.2 Å². The van der Waals surface area contributed by atoms with Crippen LogP contribution in [0.4, 0.5) is 0 Å². The van der Waals surface area contributed by atoms with Gasteiger partial charge in [0.05, 0.1) is 5.69 Å². The number of carbonyl (C=O) groups excluding carboxylic acids is 1. The molecule has 0 aromatic carbocycles. The summed E-state index contributed by atoms with van der Waals surface area (Å²) >= 11 is 0. The zero-order valence-corrected chi connectivity index (χ0v) is 5.97. The Bertz CT molecular complexity index is 220. The van der Waals surface area contributed by atoms with Gasteiger partial charge in [0.15, 0.2) is 0 Å². The first-order valence-electron chi connectivity index (χ1n) is 3.02. The Balaban J connectivity index is 2.97. The van der Waals surface area contributed by atoms with Gasteiger partial charge in [-0.15, -0.1) is 0 Å². The van der Waals surface area contributed by atoms with Gasteiger partial charge in [0.25, 0.3) is 0 Å². The lowest BCUT2D eigenvalue weighted by molar-refractivity contribution is 0.392. The van der Waals surface area contributed by atoms with Gasteiger partial charge in [-0.05, 0) is 13.8 Å². The summed E-state index contributed by atoms with van der Waals surface area (Å²) in [5.74, 6) is 0.709. The maximum atomic E-state index is 9.98. The fourth-order valence-corrected chi connectivity index (χ4v) is 0.826. The van der Waals surface area contributed by atoms with Crippen molar-refractivity contribution >= 4 is 6.29 Å². The van der Waals surface area contributed by atoms with Gasteiger partial charge in [0, 0.05) is 12.0 Å². The van der Waals surface area contributed by atoms with Crippen LogP contribution in [0.15, 0.2) is 4.52 Å². The molecule has 0 saturated carbocycles. The molecular formula is C7H8NO2. The van der Waals surface area contributed by atoms with E-state index in [1.54, 1.807) is 13.2 Å². The Kier molecular flexibility index (Phi) is 1.85. The first-order chi connectivity index (χ1) is 4.75. The fourth-order valence-electron chi connectivity index (χ4n) is 0.826. The van der Waals surface area contributed by atoms with Crippen LogP contribution in [0.1, 0.15) is 17.0 Å². The molecule has 0 atom stereocenters. The average molecular weight is 138 g/mol. The highest BCUT2D eigenvalue weighted by atomic mass is 16.5. The van der Waals surface area contributed by atoms with E-state index in [0.717, 1.165) is 11.3 Å². The lowest BCUT2D eigenvalue weighted by atomic mass is 10.1. The second-order valence-corrected chi connectivity index (χ2v) is 2.12. The third kappa shape index (κ3) is 1.07. The molecule has 1 rings (SSSR count). The molecule has 0 saturated heterocycles. The minimum Gasteiger partial charge on any atom is -0.361 e. The number of hydrogen-bond acceptors (Lipinski definition) is 3. The van der Waals surface area contributed by atoms with Gasteiger partial charge in [-0.3, -0.25) is 4.79 Å². The number of aromatic nitrogens is 1. The van der Waals surface area contributed by atoms with Crippen molar-refractivity contribution in [2.75, 3.05) is 0 Å². The minimum atomic E-state index is 0.279. The van der Waals surface area contributed by atoms with Crippen molar-refractivity contribution in [1.82, 2.24) is 5.16 Å². The van der Waals surface area contributed by atoms with Gasteiger partial charge in [-0.2, -0.15) is 0 Å². The minimum absolute atomic E-state index is 0.279. The van der Waals surface area contributed by atoms with Crippen LogP contribution in [-0.4, -0.2) is 11.4 Å². The monoisotopic (exact) mass is 138 g/mol. The van der Waals surface area contributed by atoms with Gasteiger partial charge in [0.1, 0.15) is 5.76 Å². The van der Waals surface area contributed by atoms with E-state index in [1.165, 1.54) is 0 Å². The molecule has 3 nitrogen and oxygen atoms in total. The van der Waals surface area contributed by atoms with E-state index >= 15 is 0 Å². The molecule has 0 aliphatic rings. The van der Waals surface area contributed by atoms with E-state index in [2.05, 4.69) is 5.16 Å². The van der Waals surface area contributed by atoms with Gasteiger partial charge >= 0.3 is 0 Å². The van der Waals surface area contributed by atoms with Gasteiger partial charge in [-0.1, -0.05) is 5.16 Å². The predicted octanol–water partition coefficient (Wildman–Crippen LogP) is 0.944. The summed E-state index contributed by atoms with van der Waals surface area (Å²) in [5.41, 5.74) is 1.64. The second-order valence-electron chi connectivity index (χ2n) is 2.12. The summed E-state index contributed by atoms with van der Waals surface area (Å²) in [6.07, 6.45) is 2.08. The van der Waals surface area contributed by atoms with Crippen molar-refractivity contribution in [3.63, 3.8) is 0 Å². The first kappa shape index (κ1) is 6.99. The van der Waals surface area contributed by atoms with Gasteiger partial charge < -0.3 is 4.52 Å². The van der Waals surface area contributed by atoms with Crippen LogP contribution in [0.2, 0.25) is 0 Å². The third-order valence-electron chi connectivity index (χ3n) is 1.43. The highest BCUT2D eigenvalue weighted by molar-refractivity contribution is 5.56.